The minimum Gasteiger partial charge on any atom is -0.309 e. The number of hydrogen-bond donors (Lipinski definition) is 1. The fourth-order valence-electron chi connectivity index (χ4n) is 2.01. The summed E-state index contributed by atoms with van der Waals surface area (Å²) >= 11 is 7.98. The molecule has 2 aromatic rings. The SMILES string of the molecule is CCCNC(CSc1ccccc1)c1cccc(Cl)c1. The average molecular weight is 306 g/mol. The van der Waals surface area contributed by atoms with Crippen molar-refractivity contribution in [3.05, 3.63) is 65.2 Å². The molecule has 2 rings (SSSR count). The molecular formula is C17H20ClNS. The predicted octanol–water partition coefficient (Wildman–Crippen LogP) is 5.17. The number of thioether (sulfide) groups is 1. The summed E-state index contributed by atoms with van der Waals surface area (Å²) in [6.45, 7) is 3.21. The van der Waals surface area contributed by atoms with Crippen LogP contribution in [-0.2, 0) is 0 Å². The molecule has 1 nitrogen and oxygen atoms in total. The quantitative estimate of drug-likeness (QED) is 0.708. The highest BCUT2D eigenvalue weighted by Gasteiger charge is 2.11. The molecular weight excluding hydrogens is 286 g/mol. The zero-order chi connectivity index (χ0) is 14.2. The second-order valence-corrected chi connectivity index (χ2v) is 6.22. The first kappa shape index (κ1) is 15.4. The topological polar surface area (TPSA) is 12.0 Å². The maximum atomic E-state index is 6.11. The lowest BCUT2D eigenvalue weighted by Gasteiger charge is -2.19. The third-order valence-electron chi connectivity index (χ3n) is 3.05. The molecule has 1 N–H and O–H groups in total. The predicted molar refractivity (Wildman–Crippen MR) is 89.7 cm³/mol. The highest BCUT2D eigenvalue weighted by Crippen LogP contribution is 2.26. The van der Waals surface area contributed by atoms with E-state index < -0.39 is 0 Å². The Morgan fingerprint density at radius 1 is 1.10 bits per heavy atom. The van der Waals surface area contributed by atoms with Crippen molar-refractivity contribution >= 4 is 23.4 Å². The van der Waals surface area contributed by atoms with Crippen LogP contribution in [0.15, 0.2) is 59.5 Å². The summed E-state index contributed by atoms with van der Waals surface area (Å²) < 4.78 is 0. The van der Waals surface area contributed by atoms with Crippen LogP contribution in [0.3, 0.4) is 0 Å². The third-order valence-corrected chi connectivity index (χ3v) is 4.39. The maximum absolute atomic E-state index is 6.11. The largest absolute Gasteiger partial charge is 0.309 e. The zero-order valence-corrected chi connectivity index (χ0v) is 13.3. The molecule has 106 valence electrons. The van der Waals surface area contributed by atoms with E-state index in [9.17, 15) is 0 Å². The van der Waals surface area contributed by atoms with Gasteiger partial charge in [0, 0.05) is 21.7 Å². The average Bonchev–Trinajstić information content (AvgIpc) is 2.48. The van der Waals surface area contributed by atoms with Crippen molar-refractivity contribution in [2.45, 2.75) is 24.3 Å². The highest BCUT2D eigenvalue weighted by molar-refractivity contribution is 7.99. The van der Waals surface area contributed by atoms with Crippen molar-refractivity contribution in [1.29, 1.82) is 0 Å². The molecule has 0 aliphatic heterocycles. The maximum Gasteiger partial charge on any atom is 0.0415 e. The molecule has 0 saturated carbocycles. The summed E-state index contributed by atoms with van der Waals surface area (Å²) in [5.74, 6) is 1.00. The smallest absolute Gasteiger partial charge is 0.0415 e. The van der Waals surface area contributed by atoms with Crippen LogP contribution in [0.4, 0.5) is 0 Å². The molecule has 0 radical (unpaired) electrons. The Balaban J connectivity index is 2.03. The first-order chi connectivity index (χ1) is 9.79. The molecule has 2 aromatic carbocycles. The van der Waals surface area contributed by atoms with Crippen LogP contribution in [0.2, 0.25) is 5.02 Å². The van der Waals surface area contributed by atoms with Crippen molar-refractivity contribution in [3.8, 4) is 0 Å². The summed E-state index contributed by atoms with van der Waals surface area (Å²) in [4.78, 5) is 1.30. The van der Waals surface area contributed by atoms with Gasteiger partial charge in [0.15, 0.2) is 0 Å². The molecule has 1 unspecified atom stereocenters. The Hall–Kier alpha value is -0.960. The van der Waals surface area contributed by atoms with Crippen molar-refractivity contribution in [1.82, 2.24) is 5.32 Å². The van der Waals surface area contributed by atoms with Gasteiger partial charge in [0.1, 0.15) is 0 Å². The van der Waals surface area contributed by atoms with Crippen LogP contribution >= 0.6 is 23.4 Å². The van der Waals surface area contributed by atoms with Crippen LogP contribution in [0, 0.1) is 0 Å². The second-order valence-electron chi connectivity index (χ2n) is 4.69. The van der Waals surface area contributed by atoms with Gasteiger partial charge >= 0.3 is 0 Å². The van der Waals surface area contributed by atoms with Crippen LogP contribution in [0.1, 0.15) is 24.9 Å². The van der Waals surface area contributed by atoms with Gasteiger partial charge in [0.05, 0.1) is 0 Å². The van der Waals surface area contributed by atoms with E-state index in [0.29, 0.717) is 6.04 Å². The molecule has 20 heavy (non-hydrogen) atoms. The van der Waals surface area contributed by atoms with E-state index in [1.807, 2.05) is 30.0 Å². The molecule has 0 saturated heterocycles. The number of rotatable bonds is 7. The Bertz CT molecular complexity index is 515. The van der Waals surface area contributed by atoms with Gasteiger partial charge in [-0.05, 0) is 42.8 Å². The number of benzene rings is 2. The molecule has 0 bridgehead atoms. The molecule has 1 atom stereocenters. The van der Waals surface area contributed by atoms with E-state index >= 15 is 0 Å². The van der Waals surface area contributed by atoms with E-state index in [2.05, 4.69) is 48.6 Å². The summed E-state index contributed by atoms with van der Waals surface area (Å²) in [5, 5.41) is 4.41. The fourth-order valence-corrected chi connectivity index (χ4v) is 3.23. The fraction of sp³-hybridized carbons (Fsp3) is 0.294. The molecule has 0 amide bonds. The van der Waals surface area contributed by atoms with E-state index in [4.69, 9.17) is 11.6 Å². The molecule has 0 fully saturated rings. The molecule has 3 heteroatoms. The number of nitrogens with one attached hydrogen (secondary N) is 1. The lowest BCUT2D eigenvalue weighted by molar-refractivity contribution is 0.577. The van der Waals surface area contributed by atoms with Gasteiger partial charge in [-0.3, -0.25) is 0 Å². The molecule has 0 aliphatic rings. The Labute approximate surface area is 130 Å². The van der Waals surface area contributed by atoms with E-state index in [1.54, 1.807) is 0 Å². The minimum atomic E-state index is 0.332. The van der Waals surface area contributed by atoms with E-state index in [1.165, 1.54) is 10.5 Å². The minimum absolute atomic E-state index is 0.332. The van der Waals surface area contributed by atoms with Crippen molar-refractivity contribution in [2.75, 3.05) is 12.3 Å². The third kappa shape index (κ3) is 4.86. The van der Waals surface area contributed by atoms with E-state index in [-0.39, 0.29) is 0 Å². The normalized spacial score (nSPS) is 12.3. The van der Waals surface area contributed by atoms with Crippen molar-refractivity contribution < 1.29 is 0 Å². The standard InChI is InChI=1S/C17H20ClNS/c1-2-11-19-17(14-7-6-8-15(18)12-14)13-20-16-9-4-3-5-10-16/h3-10,12,17,19H,2,11,13H2,1H3. The summed E-state index contributed by atoms with van der Waals surface area (Å²) in [5.41, 5.74) is 1.26. The van der Waals surface area contributed by atoms with Gasteiger partial charge in [-0.15, -0.1) is 11.8 Å². The van der Waals surface area contributed by atoms with Crippen molar-refractivity contribution in [2.24, 2.45) is 0 Å². The van der Waals surface area contributed by atoms with Gasteiger partial charge in [-0.2, -0.15) is 0 Å². The molecule has 0 aromatic heterocycles. The monoisotopic (exact) mass is 305 g/mol. The summed E-state index contributed by atoms with van der Waals surface area (Å²) in [6, 6.07) is 19.0. The van der Waals surface area contributed by atoms with Crippen LogP contribution < -0.4 is 5.32 Å². The molecule has 0 spiro atoms. The molecule has 0 heterocycles. The van der Waals surface area contributed by atoms with Gasteiger partial charge in [0.25, 0.3) is 0 Å². The Morgan fingerprint density at radius 3 is 2.60 bits per heavy atom. The first-order valence-corrected chi connectivity index (χ1v) is 8.32. The van der Waals surface area contributed by atoms with Crippen LogP contribution in [-0.4, -0.2) is 12.3 Å². The van der Waals surface area contributed by atoms with Crippen LogP contribution in [0.25, 0.3) is 0 Å². The highest BCUT2D eigenvalue weighted by atomic mass is 35.5. The second kappa shape index (κ2) is 8.35. The van der Waals surface area contributed by atoms with Gasteiger partial charge in [-0.25, -0.2) is 0 Å². The number of halogens is 1. The van der Waals surface area contributed by atoms with E-state index in [0.717, 1.165) is 23.7 Å². The first-order valence-electron chi connectivity index (χ1n) is 6.96. The lowest BCUT2D eigenvalue weighted by Crippen LogP contribution is -2.24. The zero-order valence-electron chi connectivity index (χ0n) is 11.7. The molecule has 0 aliphatic carbocycles. The van der Waals surface area contributed by atoms with Crippen LogP contribution in [0.5, 0.6) is 0 Å². The Kier molecular flexibility index (Phi) is 6.44. The number of hydrogen-bond acceptors (Lipinski definition) is 2. The van der Waals surface area contributed by atoms with Gasteiger partial charge < -0.3 is 5.32 Å². The van der Waals surface area contributed by atoms with Crippen molar-refractivity contribution in [3.63, 3.8) is 0 Å². The lowest BCUT2D eigenvalue weighted by atomic mass is 10.1. The van der Waals surface area contributed by atoms with Gasteiger partial charge in [0.2, 0.25) is 0 Å². The Morgan fingerprint density at radius 2 is 1.90 bits per heavy atom. The summed E-state index contributed by atoms with van der Waals surface area (Å²) in [6.07, 6.45) is 1.13. The summed E-state index contributed by atoms with van der Waals surface area (Å²) in [7, 11) is 0. The van der Waals surface area contributed by atoms with Gasteiger partial charge in [-0.1, -0.05) is 48.9 Å².